The number of hydrogen-bond acceptors (Lipinski definition) is 4. The molecule has 0 bridgehead atoms. The van der Waals surface area contributed by atoms with Gasteiger partial charge in [0, 0.05) is 18.0 Å². The van der Waals surface area contributed by atoms with Crippen molar-refractivity contribution in [1.29, 1.82) is 0 Å². The first kappa shape index (κ1) is 17.1. The number of hydrazine groups is 1. The zero-order valence-corrected chi connectivity index (χ0v) is 12.9. The maximum atomic E-state index is 12.1. The molecule has 1 radical (unpaired) electrons. The fourth-order valence-corrected chi connectivity index (χ4v) is 1.92. The number of amides is 2. The normalized spacial score (nSPS) is 10.3. The molecule has 0 unspecified atom stereocenters. The number of benzene rings is 1. The summed E-state index contributed by atoms with van der Waals surface area (Å²) >= 11 is 0. The highest BCUT2D eigenvalue weighted by Crippen LogP contribution is 2.02. The molecule has 0 aliphatic heterocycles. The van der Waals surface area contributed by atoms with Gasteiger partial charge in [-0.05, 0) is 23.8 Å². The van der Waals surface area contributed by atoms with E-state index in [-0.39, 0.29) is 13.0 Å². The topological polar surface area (TPSA) is 79.4 Å². The number of nitrogens with zero attached hydrogens (tertiary/aromatic N) is 2. The molecule has 1 heterocycles. The maximum Gasteiger partial charge on any atom is 0.265 e. The predicted octanol–water partition coefficient (Wildman–Crippen LogP) is 1.31. The molecule has 1 N–H and O–H groups in total. The van der Waals surface area contributed by atoms with Gasteiger partial charge in [-0.25, -0.2) is 5.01 Å². The van der Waals surface area contributed by atoms with Crippen LogP contribution in [0.1, 0.15) is 11.3 Å². The van der Waals surface area contributed by atoms with Crippen molar-refractivity contribution in [3.05, 3.63) is 72.1 Å². The Bertz CT molecular complexity index is 715. The zero-order chi connectivity index (χ0) is 17.2. The van der Waals surface area contributed by atoms with Gasteiger partial charge in [-0.1, -0.05) is 36.4 Å². The van der Waals surface area contributed by atoms with Crippen molar-refractivity contribution in [2.45, 2.75) is 6.42 Å². The number of nitrogens with one attached hydrogen (secondary N) is 1. The van der Waals surface area contributed by atoms with Crippen LogP contribution in [-0.2, 0) is 20.8 Å². The van der Waals surface area contributed by atoms with Crippen LogP contribution in [0.15, 0.2) is 60.8 Å². The fraction of sp³-hybridized carbons (Fsp3) is 0.111. The Labute approximate surface area is 139 Å². The molecule has 0 spiro atoms. The third-order valence-corrected chi connectivity index (χ3v) is 3.03. The molecular weight excluding hydrogens is 306 g/mol. The molecule has 2 rings (SSSR count). The number of hydrogen-bond donors (Lipinski definition) is 1. The fourth-order valence-electron chi connectivity index (χ4n) is 1.92. The molecule has 0 aliphatic carbocycles. The van der Waals surface area contributed by atoms with E-state index in [2.05, 4.69) is 10.4 Å². The van der Waals surface area contributed by atoms with E-state index >= 15 is 0 Å². The number of rotatable bonds is 6. The molecule has 6 heteroatoms. The van der Waals surface area contributed by atoms with Crippen LogP contribution >= 0.6 is 0 Å². The molecule has 121 valence electrons. The average Bonchev–Trinajstić information content (AvgIpc) is 2.61. The molecule has 0 aliphatic rings. The minimum absolute atomic E-state index is 0.00583. The second kappa shape index (κ2) is 8.99. The zero-order valence-electron chi connectivity index (χ0n) is 12.9. The Morgan fingerprint density at radius 2 is 1.88 bits per heavy atom. The number of carbonyl (C=O) groups excluding carboxylic acids is 3. The van der Waals surface area contributed by atoms with Crippen LogP contribution in [0.3, 0.4) is 0 Å². The van der Waals surface area contributed by atoms with Crippen LogP contribution < -0.4 is 5.43 Å². The minimum Gasteiger partial charge on any atom is -0.289 e. The van der Waals surface area contributed by atoms with Crippen molar-refractivity contribution in [3.63, 3.8) is 0 Å². The summed E-state index contributed by atoms with van der Waals surface area (Å²) in [6.07, 6.45) is 6.08. The molecule has 0 fully saturated rings. The molecule has 1 aromatic carbocycles. The van der Waals surface area contributed by atoms with E-state index < -0.39 is 11.8 Å². The van der Waals surface area contributed by atoms with Gasteiger partial charge in [-0.15, -0.1) is 0 Å². The lowest BCUT2D eigenvalue weighted by atomic mass is 10.2. The lowest BCUT2D eigenvalue weighted by Gasteiger charge is -2.19. The summed E-state index contributed by atoms with van der Waals surface area (Å²) in [5, 5.41) is 0.914. The molecule has 2 amide bonds. The standard InChI is InChI=1S/C18H16N3O3/c22-13-12-21(18(24)10-9-15-6-2-1-3-7-15)20-17(23)14-16-8-4-5-11-19-16/h1-11H,12,14H2,(H,20,23)/b10-9+. The summed E-state index contributed by atoms with van der Waals surface area (Å²) in [4.78, 5) is 38.8. The Hall–Kier alpha value is -3.28. The van der Waals surface area contributed by atoms with Crippen LogP contribution in [0.2, 0.25) is 0 Å². The van der Waals surface area contributed by atoms with Crippen LogP contribution in [0.25, 0.3) is 6.08 Å². The molecule has 2 aromatic rings. The van der Waals surface area contributed by atoms with Crippen molar-refractivity contribution in [1.82, 2.24) is 15.4 Å². The van der Waals surface area contributed by atoms with Crippen molar-refractivity contribution in [2.24, 2.45) is 0 Å². The van der Waals surface area contributed by atoms with Gasteiger partial charge in [0.25, 0.3) is 5.91 Å². The van der Waals surface area contributed by atoms with Gasteiger partial charge in [-0.2, -0.15) is 0 Å². The van der Waals surface area contributed by atoms with E-state index in [1.165, 1.54) is 6.08 Å². The largest absolute Gasteiger partial charge is 0.289 e. The molecule has 0 atom stereocenters. The van der Waals surface area contributed by atoms with Gasteiger partial charge in [0.1, 0.15) is 6.54 Å². The predicted molar refractivity (Wildman–Crippen MR) is 89.0 cm³/mol. The quantitative estimate of drug-likeness (QED) is 0.642. The Morgan fingerprint density at radius 1 is 1.12 bits per heavy atom. The molecule has 0 saturated carbocycles. The maximum absolute atomic E-state index is 12.1. The highest BCUT2D eigenvalue weighted by Gasteiger charge is 2.14. The smallest absolute Gasteiger partial charge is 0.265 e. The van der Waals surface area contributed by atoms with Gasteiger partial charge in [0.2, 0.25) is 12.2 Å². The SMILES string of the molecule is O=[C]CN(NC(=O)Cc1ccccn1)C(=O)/C=C/c1ccccc1. The third kappa shape index (κ3) is 5.49. The van der Waals surface area contributed by atoms with Crippen molar-refractivity contribution < 1.29 is 14.4 Å². The summed E-state index contributed by atoms with van der Waals surface area (Å²) in [7, 11) is 0. The first-order valence-electron chi connectivity index (χ1n) is 7.28. The minimum atomic E-state index is -0.517. The third-order valence-electron chi connectivity index (χ3n) is 3.03. The van der Waals surface area contributed by atoms with Gasteiger partial charge < -0.3 is 0 Å². The highest BCUT2D eigenvalue weighted by molar-refractivity contribution is 5.94. The van der Waals surface area contributed by atoms with E-state index in [9.17, 15) is 14.4 Å². The van der Waals surface area contributed by atoms with E-state index in [0.29, 0.717) is 5.69 Å². The summed E-state index contributed by atoms with van der Waals surface area (Å²) in [5.41, 5.74) is 3.79. The monoisotopic (exact) mass is 322 g/mol. The average molecular weight is 322 g/mol. The van der Waals surface area contributed by atoms with Crippen molar-refractivity contribution in [3.8, 4) is 0 Å². The van der Waals surface area contributed by atoms with E-state index in [1.54, 1.807) is 36.8 Å². The lowest BCUT2D eigenvalue weighted by molar-refractivity contribution is -0.136. The van der Waals surface area contributed by atoms with Crippen LogP contribution in [0.5, 0.6) is 0 Å². The second-order valence-electron chi connectivity index (χ2n) is 4.85. The number of pyridine rings is 1. The van der Waals surface area contributed by atoms with Crippen LogP contribution in [0.4, 0.5) is 0 Å². The summed E-state index contributed by atoms with van der Waals surface area (Å²) < 4.78 is 0. The number of carbonyl (C=O) groups is 2. The molecular formula is C18H16N3O3. The van der Waals surface area contributed by atoms with Gasteiger partial charge >= 0.3 is 0 Å². The molecule has 6 nitrogen and oxygen atoms in total. The molecule has 0 saturated heterocycles. The Balaban J connectivity index is 1.97. The van der Waals surface area contributed by atoms with E-state index in [4.69, 9.17) is 0 Å². The summed E-state index contributed by atoms with van der Waals surface area (Å²) in [6, 6.07) is 14.4. The van der Waals surface area contributed by atoms with E-state index in [1.807, 2.05) is 30.3 Å². The van der Waals surface area contributed by atoms with Crippen LogP contribution in [-0.4, -0.2) is 34.6 Å². The summed E-state index contributed by atoms with van der Waals surface area (Å²) in [5.74, 6) is -0.956. The van der Waals surface area contributed by atoms with Crippen LogP contribution in [0, 0.1) is 0 Å². The van der Waals surface area contributed by atoms with Gasteiger partial charge in [-0.3, -0.25) is 24.8 Å². The number of aromatic nitrogens is 1. The first-order chi connectivity index (χ1) is 11.7. The molecule has 1 aromatic heterocycles. The lowest BCUT2D eigenvalue weighted by Crippen LogP contribution is -2.47. The highest BCUT2D eigenvalue weighted by atomic mass is 16.2. The van der Waals surface area contributed by atoms with E-state index in [0.717, 1.165) is 10.6 Å². The Kier molecular flexibility index (Phi) is 6.40. The molecule has 24 heavy (non-hydrogen) atoms. The van der Waals surface area contributed by atoms with Crippen molar-refractivity contribution >= 4 is 24.2 Å². The first-order valence-corrected chi connectivity index (χ1v) is 7.28. The second-order valence-corrected chi connectivity index (χ2v) is 4.85. The van der Waals surface area contributed by atoms with Gasteiger partial charge in [0.05, 0.1) is 6.42 Å². The van der Waals surface area contributed by atoms with Gasteiger partial charge in [0.15, 0.2) is 0 Å². The van der Waals surface area contributed by atoms with Crippen molar-refractivity contribution in [2.75, 3.05) is 6.54 Å². The summed E-state index contributed by atoms with van der Waals surface area (Å²) in [6.45, 7) is -0.355. The Morgan fingerprint density at radius 3 is 2.54 bits per heavy atom.